The van der Waals surface area contributed by atoms with E-state index < -0.39 is 16.5 Å². The normalized spacial score (nSPS) is 12.1. The molecular formula is C47H32N6O4. The average Bonchev–Trinajstić information content (AvgIpc) is 4.07. The Kier molecular flexibility index (Phi) is 8.75. The van der Waals surface area contributed by atoms with E-state index in [0.29, 0.717) is 45.6 Å². The lowest BCUT2D eigenvalue weighted by atomic mass is 9.99. The average molecular weight is 745 g/mol. The quantitative estimate of drug-likeness (QED) is 0.0946. The molecule has 2 aliphatic heterocycles. The molecule has 8 bridgehead atoms. The number of nitrogens with one attached hydrogen (secondary N) is 2. The molecule has 4 aromatic carbocycles. The summed E-state index contributed by atoms with van der Waals surface area (Å²) < 4.78 is 0. The second kappa shape index (κ2) is 14.3. The van der Waals surface area contributed by atoms with Gasteiger partial charge < -0.3 is 9.97 Å². The van der Waals surface area contributed by atoms with Crippen LogP contribution in [0, 0.1) is 10.1 Å². The van der Waals surface area contributed by atoms with Crippen LogP contribution in [-0.2, 0) is 9.59 Å². The number of rotatable bonds is 7. The zero-order chi connectivity index (χ0) is 39.0. The Morgan fingerprint density at radius 3 is 1.42 bits per heavy atom. The minimum absolute atomic E-state index is 0.0405. The van der Waals surface area contributed by atoms with Crippen molar-refractivity contribution in [3.63, 3.8) is 0 Å². The first-order chi connectivity index (χ1) is 27.9. The van der Waals surface area contributed by atoms with Crippen LogP contribution in [0.5, 0.6) is 0 Å². The van der Waals surface area contributed by atoms with Crippen LogP contribution in [-0.4, -0.2) is 42.1 Å². The first-order valence-electron chi connectivity index (χ1n) is 18.3. The summed E-state index contributed by atoms with van der Waals surface area (Å²) in [5, 5.41) is 13.5. The Balaban J connectivity index is 1.58. The van der Waals surface area contributed by atoms with E-state index in [1.165, 1.54) is 6.92 Å². The number of carbonyl (C=O) groups is 2. The number of nitro groups is 1. The topological polar surface area (TPSA) is 138 Å². The van der Waals surface area contributed by atoms with E-state index in [-0.39, 0.29) is 17.1 Å². The van der Waals surface area contributed by atoms with Gasteiger partial charge in [0.25, 0.3) is 0 Å². The molecule has 57 heavy (non-hydrogen) atoms. The van der Waals surface area contributed by atoms with Gasteiger partial charge in [0.05, 0.1) is 16.3 Å². The van der Waals surface area contributed by atoms with E-state index in [9.17, 15) is 19.7 Å². The van der Waals surface area contributed by atoms with E-state index in [1.54, 1.807) is 0 Å². The van der Waals surface area contributed by atoms with Crippen molar-refractivity contribution in [1.29, 1.82) is 0 Å². The molecule has 7 aromatic rings. The highest BCUT2D eigenvalue weighted by atomic mass is 16.6. The summed E-state index contributed by atoms with van der Waals surface area (Å²) in [6.45, 7) is 1.19. The van der Waals surface area contributed by atoms with Gasteiger partial charge in [0.15, 0.2) is 11.4 Å². The third-order valence-electron chi connectivity index (χ3n) is 10.1. The van der Waals surface area contributed by atoms with Gasteiger partial charge in [-0.15, -0.1) is 0 Å². The number of imide groups is 1. The minimum Gasteiger partial charge on any atom is -0.354 e. The van der Waals surface area contributed by atoms with E-state index in [2.05, 4.69) is 9.97 Å². The van der Waals surface area contributed by atoms with Crippen molar-refractivity contribution in [3.8, 4) is 44.5 Å². The lowest BCUT2D eigenvalue weighted by Crippen LogP contribution is -2.26. The molecule has 0 unspecified atom stereocenters. The molecule has 274 valence electrons. The summed E-state index contributed by atoms with van der Waals surface area (Å²) >= 11 is 0. The maximum absolute atomic E-state index is 13.5. The monoisotopic (exact) mass is 744 g/mol. The second-order valence-corrected chi connectivity index (χ2v) is 13.5. The Labute approximate surface area is 326 Å². The SMILES string of the molecule is CC(=O)N(C=O)C1=C([N+](=O)[O-])c2nc1c(-c1ccccc1)c1ccc([nH]1)c(-c1ccccc1)c1ccc([nH]1)c(-c1ccccc1)c1nc(c2-c2ccccc2)C=C1. The molecule has 2 amide bonds. The van der Waals surface area contributed by atoms with Crippen molar-refractivity contribution >= 4 is 57.9 Å². The lowest BCUT2D eigenvalue weighted by Gasteiger charge is -2.16. The van der Waals surface area contributed by atoms with Gasteiger partial charge in [-0.3, -0.25) is 19.7 Å². The van der Waals surface area contributed by atoms with E-state index in [0.717, 1.165) is 43.7 Å². The number of benzene rings is 4. The maximum atomic E-state index is 13.5. The van der Waals surface area contributed by atoms with Crippen LogP contribution in [0.4, 0.5) is 0 Å². The highest BCUT2D eigenvalue weighted by Crippen LogP contribution is 2.44. The van der Waals surface area contributed by atoms with Gasteiger partial charge in [-0.25, -0.2) is 14.9 Å². The summed E-state index contributed by atoms with van der Waals surface area (Å²) in [6, 6.07) is 46.3. The smallest absolute Gasteiger partial charge is 0.321 e. The van der Waals surface area contributed by atoms with Gasteiger partial charge in [0, 0.05) is 51.2 Å². The summed E-state index contributed by atoms with van der Waals surface area (Å²) in [5.41, 5.74) is 8.91. The van der Waals surface area contributed by atoms with E-state index in [1.807, 2.05) is 158 Å². The van der Waals surface area contributed by atoms with Gasteiger partial charge in [0.1, 0.15) is 5.69 Å². The molecule has 0 aliphatic carbocycles. The van der Waals surface area contributed by atoms with Gasteiger partial charge in [-0.2, -0.15) is 0 Å². The predicted molar refractivity (Wildman–Crippen MR) is 224 cm³/mol. The van der Waals surface area contributed by atoms with Crippen molar-refractivity contribution in [1.82, 2.24) is 24.8 Å². The molecule has 10 nitrogen and oxygen atoms in total. The predicted octanol–water partition coefficient (Wildman–Crippen LogP) is 10.3. The number of hydrogen-bond donors (Lipinski definition) is 2. The van der Waals surface area contributed by atoms with Gasteiger partial charge in [-0.1, -0.05) is 121 Å². The van der Waals surface area contributed by atoms with Crippen molar-refractivity contribution in [2.75, 3.05) is 0 Å². The van der Waals surface area contributed by atoms with Crippen LogP contribution in [0.2, 0.25) is 0 Å². The number of hydrogen-bond acceptors (Lipinski definition) is 6. The Bertz CT molecular complexity index is 2970. The molecule has 2 N–H and O–H groups in total. The third kappa shape index (κ3) is 6.11. The van der Waals surface area contributed by atoms with E-state index in [4.69, 9.17) is 9.97 Å². The van der Waals surface area contributed by atoms with Crippen LogP contribution in [0.1, 0.15) is 29.7 Å². The number of fused-ring (bicyclic) bond motifs is 8. The summed E-state index contributed by atoms with van der Waals surface area (Å²) in [4.78, 5) is 57.5. The molecular weight excluding hydrogens is 713 g/mol. The molecule has 3 aromatic heterocycles. The molecule has 0 atom stereocenters. The second-order valence-electron chi connectivity index (χ2n) is 13.5. The van der Waals surface area contributed by atoms with Crippen LogP contribution < -0.4 is 0 Å². The molecule has 9 rings (SSSR count). The van der Waals surface area contributed by atoms with Gasteiger partial charge >= 0.3 is 5.70 Å². The summed E-state index contributed by atoms with van der Waals surface area (Å²) in [7, 11) is 0. The number of aromatic nitrogens is 4. The van der Waals surface area contributed by atoms with Crippen molar-refractivity contribution < 1.29 is 14.5 Å². The minimum atomic E-state index is -0.710. The maximum Gasteiger partial charge on any atom is 0.321 e. The fraction of sp³-hybridized carbons (Fsp3) is 0.0213. The van der Waals surface area contributed by atoms with Crippen LogP contribution >= 0.6 is 0 Å². The number of amides is 2. The Morgan fingerprint density at radius 2 is 0.965 bits per heavy atom. The molecule has 0 radical (unpaired) electrons. The highest BCUT2D eigenvalue weighted by Gasteiger charge is 2.40. The van der Waals surface area contributed by atoms with Crippen LogP contribution in [0.3, 0.4) is 0 Å². The first kappa shape index (κ1) is 34.8. The number of aromatic amines is 2. The summed E-state index contributed by atoms with van der Waals surface area (Å²) in [5.74, 6) is -0.710. The summed E-state index contributed by atoms with van der Waals surface area (Å²) in [6.07, 6.45) is 4.02. The zero-order valence-corrected chi connectivity index (χ0v) is 30.5. The van der Waals surface area contributed by atoms with E-state index >= 15 is 0 Å². The molecule has 5 heterocycles. The number of H-pyrrole nitrogens is 2. The highest BCUT2D eigenvalue weighted by molar-refractivity contribution is 6.08. The Morgan fingerprint density at radius 1 is 0.561 bits per heavy atom. The fourth-order valence-electron chi connectivity index (χ4n) is 7.63. The largest absolute Gasteiger partial charge is 0.354 e. The zero-order valence-electron chi connectivity index (χ0n) is 30.5. The molecule has 0 saturated carbocycles. The van der Waals surface area contributed by atoms with Crippen molar-refractivity contribution in [3.05, 3.63) is 178 Å². The number of nitrogens with zero attached hydrogens (tertiary/aromatic N) is 4. The molecule has 0 saturated heterocycles. The molecule has 2 aliphatic rings. The molecule has 0 spiro atoms. The third-order valence-corrected chi connectivity index (χ3v) is 10.1. The number of carbonyl (C=O) groups excluding carboxylic acids is 2. The molecule has 10 heteroatoms. The lowest BCUT2D eigenvalue weighted by molar-refractivity contribution is -0.375. The standard InChI is InChI=1S/C47H32N6O4/c1-29(55)52(28-54)46-44-42(32-18-10-4-11-19-32)38-26-24-36(49-38)40(30-14-6-2-7-15-30)34-22-23-35(48-34)41(31-16-8-3-9-17-31)37-25-27-39(50-37)43(33-20-12-5-13-21-33)45(51-44)47(46)53(56)57/h2-28,48-49H,1H3. The van der Waals surface area contributed by atoms with Crippen molar-refractivity contribution in [2.45, 2.75) is 6.92 Å². The van der Waals surface area contributed by atoms with Crippen molar-refractivity contribution in [2.24, 2.45) is 0 Å². The fourth-order valence-corrected chi connectivity index (χ4v) is 7.63. The Hall–Kier alpha value is -7.98. The van der Waals surface area contributed by atoms with Crippen LogP contribution in [0.15, 0.2) is 146 Å². The first-order valence-corrected chi connectivity index (χ1v) is 18.3. The van der Waals surface area contributed by atoms with Crippen LogP contribution in [0.25, 0.3) is 90.1 Å². The van der Waals surface area contributed by atoms with Gasteiger partial charge in [-0.05, 0) is 58.7 Å². The van der Waals surface area contributed by atoms with Gasteiger partial charge in [0.2, 0.25) is 12.3 Å². The molecule has 0 fully saturated rings.